The highest BCUT2D eigenvalue weighted by Gasteiger charge is 2.24. The molecule has 2 rings (SSSR count). The maximum atomic E-state index is 13.1. The highest BCUT2D eigenvalue weighted by atomic mass is 79.9. The summed E-state index contributed by atoms with van der Waals surface area (Å²) in [4.78, 5) is 26.7. The minimum absolute atomic E-state index is 0.193. The average Bonchev–Trinajstić information content (AvgIpc) is 2.48. The Morgan fingerprint density at radius 2 is 1.80 bits per heavy atom. The largest absolute Gasteiger partial charge is 0.387 e. The highest BCUT2D eigenvalue weighted by Crippen LogP contribution is 2.18. The van der Waals surface area contributed by atoms with Gasteiger partial charge in [0.15, 0.2) is 0 Å². The predicted octanol–water partition coefficient (Wildman–Crippen LogP) is 0.865. The molecule has 0 atom stereocenters. The van der Waals surface area contributed by atoms with Gasteiger partial charge in [-0.1, -0.05) is 0 Å². The Bertz CT molecular complexity index is 530. The molecule has 108 valence electrons. The molecular weight excluding hydrogens is 331 g/mol. The van der Waals surface area contributed by atoms with Gasteiger partial charge in [-0.15, -0.1) is 0 Å². The number of carbonyl (C=O) groups is 2. The van der Waals surface area contributed by atoms with Crippen LogP contribution in [0.4, 0.5) is 4.39 Å². The molecule has 0 radical (unpaired) electrons. The van der Waals surface area contributed by atoms with E-state index in [1.54, 1.807) is 4.90 Å². The van der Waals surface area contributed by atoms with Crippen LogP contribution < -0.4 is 0 Å². The lowest BCUT2D eigenvalue weighted by Gasteiger charge is -2.34. The van der Waals surface area contributed by atoms with E-state index in [2.05, 4.69) is 15.9 Å². The third-order valence-corrected chi connectivity index (χ3v) is 3.83. The van der Waals surface area contributed by atoms with Gasteiger partial charge in [-0.3, -0.25) is 9.59 Å². The molecule has 1 aliphatic heterocycles. The quantitative estimate of drug-likeness (QED) is 0.865. The standard InChI is InChI=1S/C13H14BrFN2O3/c14-10-7-9(1-2-11(10)15)13(20)17-5-3-16(4-6-17)12(19)8-18/h1-2,7,18H,3-6,8H2. The highest BCUT2D eigenvalue weighted by molar-refractivity contribution is 9.10. The van der Waals surface area contributed by atoms with Crippen LogP contribution in [0.3, 0.4) is 0 Å². The summed E-state index contributed by atoms with van der Waals surface area (Å²) in [5.41, 5.74) is 0.403. The molecule has 0 aromatic heterocycles. The van der Waals surface area contributed by atoms with Crippen molar-refractivity contribution in [2.24, 2.45) is 0 Å². The number of carbonyl (C=O) groups excluding carboxylic acids is 2. The molecule has 0 unspecified atom stereocenters. The number of aliphatic hydroxyl groups is 1. The van der Waals surface area contributed by atoms with Crippen LogP contribution in [-0.2, 0) is 4.79 Å². The Morgan fingerprint density at radius 1 is 1.20 bits per heavy atom. The first kappa shape index (κ1) is 14.9. The van der Waals surface area contributed by atoms with Crippen LogP contribution in [0.25, 0.3) is 0 Å². The molecule has 20 heavy (non-hydrogen) atoms. The van der Waals surface area contributed by atoms with E-state index in [-0.39, 0.29) is 16.3 Å². The summed E-state index contributed by atoms with van der Waals surface area (Å²) in [6.45, 7) is 1.08. The fourth-order valence-corrected chi connectivity index (χ4v) is 2.45. The van der Waals surface area contributed by atoms with Gasteiger partial charge in [-0.2, -0.15) is 0 Å². The van der Waals surface area contributed by atoms with Crippen molar-refractivity contribution in [2.75, 3.05) is 32.8 Å². The molecule has 7 heteroatoms. The summed E-state index contributed by atoms with van der Waals surface area (Å²) < 4.78 is 13.4. The lowest BCUT2D eigenvalue weighted by molar-refractivity contribution is -0.135. The fraction of sp³-hybridized carbons (Fsp3) is 0.385. The van der Waals surface area contributed by atoms with Crippen molar-refractivity contribution in [3.05, 3.63) is 34.1 Å². The SMILES string of the molecule is O=C(CO)N1CCN(C(=O)c2ccc(F)c(Br)c2)CC1. The minimum atomic E-state index is -0.515. The Labute approximate surface area is 124 Å². The second-order valence-electron chi connectivity index (χ2n) is 4.46. The van der Waals surface area contributed by atoms with Crippen LogP contribution >= 0.6 is 15.9 Å². The van der Waals surface area contributed by atoms with Gasteiger partial charge >= 0.3 is 0 Å². The first-order valence-corrected chi connectivity index (χ1v) is 6.95. The number of rotatable bonds is 2. The third kappa shape index (κ3) is 3.16. The number of hydrogen-bond donors (Lipinski definition) is 1. The van der Waals surface area contributed by atoms with Gasteiger partial charge in [0, 0.05) is 31.7 Å². The predicted molar refractivity (Wildman–Crippen MR) is 73.7 cm³/mol. The van der Waals surface area contributed by atoms with Crippen molar-refractivity contribution < 1.29 is 19.1 Å². The molecule has 1 saturated heterocycles. The summed E-state index contributed by atoms with van der Waals surface area (Å²) in [7, 11) is 0. The first-order chi connectivity index (χ1) is 9.52. The summed E-state index contributed by atoms with van der Waals surface area (Å²) in [5, 5.41) is 8.78. The molecule has 1 heterocycles. The maximum Gasteiger partial charge on any atom is 0.254 e. The fourth-order valence-electron chi connectivity index (χ4n) is 2.07. The van der Waals surface area contributed by atoms with Gasteiger partial charge in [0.25, 0.3) is 5.91 Å². The number of benzene rings is 1. The molecule has 0 saturated carbocycles. The average molecular weight is 345 g/mol. The van der Waals surface area contributed by atoms with Crippen molar-refractivity contribution in [3.8, 4) is 0 Å². The third-order valence-electron chi connectivity index (χ3n) is 3.22. The van der Waals surface area contributed by atoms with Gasteiger partial charge in [0.05, 0.1) is 4.47 Å². The minimum Gasteiger partial charge on any atom is -0.387 e. The molecule has 5 nitrogen and oxygen atoms in total. The molecular formula is C13H14BrFN2O3. The van der Waals surface area contributed by atoms with Gasteiger partial charge in [-0.25, -0.2) is 4.39 Å². The van der Waals surface area contributed by atoms with E-state index in [1.165, 1.54) is 23.1 Å². The summed E-state index contributed by atoms with van der Waals surface area (Å²) in [6.07, 6.45) is 0. The monoisotopic (exact) mass is 344 g/mol. The zero-order valence-electron chi connectivity index (χ0n) is 10.7. The summed E-state index contributed by atoms with van der Waals surface area (Å²) >= 11 is 3.05. The van der Waals surface area contributed by atoms with Gasteiger partial charge in [0.2, 0.25) is 5.91 Å². The lowest BCUT2D eigenvalue weighted by atomic mass is 10.2. The summed E-state index contributed by atoms with van der Waals surface area (Å²) in [5.74, 6) is -0.941. The molecule has 0 spiro atoms. The Balaban J connectivity index is 2.01. The van der Waals surface area contributed by atoms with E-state index in [0.717, 1.165) is 0 Å². The van der Waals surface area contributed by atoms with Crippen molar-refractivity contribution in [1.29, 1.82) is 0 Å². The second kappa shape index (κ2) is 6.32. The molecule has 1 aliphatic rings. The van der Waals surface area contributed by atoms with Crippen molar-refractivity contribution in [3.63, 3.8) is 0 Å². The number of amides is 2. The van der Waals surface area contributed by atoms with Crippen LogP contribution in [0.1, 0.15) is 10.4 Å². The van der Waals surface area contributed by atoms with E-state index < -0.39 is 12.4 Å². The number of piperazine rings is 1. The van der Waals surface area contributed by atoms with E-state index >= 15 is 0 Å². The van der Waals surface area contributed by atoms with Gasteiger partial charge in [0.1, 0.15) is 12.4 Å². The van der Waals surface area contributed by atoms with Gasteiger partial charge in [-0.05, 0) is 34.1 Å². The van der Waals surface area contributed by atoms with Crippen molar-refractivity contribution in [1.82, 2.24) is 9.80 Å². The summed E-state index contributed by atoms with van der Waals surface area (Å²) in [6, 6.07) is 4.12. The number of aliphatic hydroxyl groups excluding tert-OH is 1. The first-order valence-electron chi connectivity index (χ1n) is 6.16. The van der Waals surface area contributed by atoms with Crippen LogP contribution in [0, 0.1) is 5.82 Å². The molecule has 1 aromatic rings. The van der Waals surface area contributed by atoms with Crippen molar-refractivity contribution in [2.45, 2.75) is 0 Å². The second-order valence-corrected chi connectivity index (χ2v) is 5.31. The van der Waals surface area contributed by atoms with E-state index in [0.29, 0.717) is 31.7 Å². The van der Waals surface area contributed by atoms with Gasteiger partial charge < -0.3 is 14.9 Å². The Morgan fingerprint density at radius 3 is 2.35 bits per heavy atom. The molecule has 1 aromatic carbocycles. The topological polar surface area (TPSA) is 60.9 Å². The normalized spacial score (nSPS) is 15.3. The van der Waals surface area contributed by atoms with E-state index in [1.807, 2.05) is 0 Å². The Kier molecular flexibility index (Phi) is 4.72. The maximum absolute atomic E-state index is 13.1. The van der Waals surface area contributed by atoms with E-state index in [4.69, 9.17) is 5.11 Å². The van der Waals surface area contributed by atoms with Crippen molar-refractivity contribution >= 4 is 27.7 Å². The lowest BCUT2D eigenvalue weighted by Crippen LogP contribution is -2.51. The van der Waals surface area contributed by atoms with Crippen LogP contribution in [-0.4, -0.2) is 59.5 Å². The van der Waals surface area contributed by atoms with Crippen LogP contribution in [0.15, 0.2) is 22.7 Å². The number of hydrogen-bond acceptors (Lipinski definition) is 3. The molecule has 0 bridgehead atoms. The number of nitrogens with zero attached hydrogens (tertiary/aromatic N) is 2. The van der Waals surface area contributed by atoms with Crippen LogP contribution in [0.5, 0.6) is 0 Å². The van der Waals surface area contributed by atoms with Crippen LogP contribution in [0.2, 0.25) is 0 Å². The smallest absolute Gasteiger partial charge is 0.254 e. The Hall–Kier alpha value is -1.47. The molecule has 1 fully saturated rings. The molecule has 2 amide bonds. The molecule has 0 aliphatic carbocycles. The molecule has 1 N–H and O–H groups in total. The zero-order chi connectivity index (χ0) is 14.7. The van der Waals surface area contributed by atoms with E-state index in [9.17, 15) is 14.0 Å². The zero-order valence-corrected chi connectivity index (χ0v) is 12.3. The number of halogens is 2.